The van der Waals surface area contributed by atoms with Crippen LogP contribution in [-0.2, 0) is 11.3 Å². The van der Waals surface area contributed by atoms with Gasteiger partial charge in [0.2, 0.25) is 5.91 Å². The average molecular weight is 293 g/mol. The van der Waals surface area contributed by atoms with Gasteiger partial charge in [0.15, 0.2) is 0 Å². The van der Waals surface area contributed by atoms with Crippen molar-refractivity contribution in [2.75, 3.05) is 24.5 Å². The van der Waals surface area contributed by atoms with E-state index in [1.807, 2.05) is 13.0 Å². The van der Waals surface area contributed by atoms with Crippen LogP contribution >= 0.6 is 0 Å². The second-order valence-electron chi connectivity index (χ2n) is 6.01. The number of carbonyl (C=O) groups excluding carboxylic acids is 1. The van der Waals surface area contributed by atoms with E-state index in [1.54, 1.807) is 6.07 Å². The van der Waals surface area contributed by atoms with Crippen LogP contribution in [0.1, 0.15) is 32.3 Å². The summed E-state index contributed by atoms with van der Waals surface area (Å²) >= 11 is 0. The molecule has 5 heteroatoms. The molecule has 2 rings (SSSR count). The van der Waals surface area contributed by atoms with Gasteiger partial charge in [0, 0.05) is 30.9 Å². The molecule has 116 valence electrons. The highest BCUT2D eigenvalue weighted by molar-refractivity contribution is 5.82. The molecule has 0 aliphatic carbocycles. The van der Waals surface area contributed by atoms with Crippen molar-refractivity contribution in [3.63, 3.8) is 0 Å². The number of amides is 1. The maximum absolute atomic E-state index is 14.1. The van der Waals surface area contributed by atoms with Gasteiger partial charge in [0.05, 0.1) is 5.41 Å². The Morgan fingerprint density at radius 2 is 2.29 bits per heavy atom. The Hall–Kier alpha value is -1.62. The van der Waals surface area contributed by atoms with Gasteiger partial charge in [-0.1, -0.05) is 13.0 Å². The van der Waals surface area contributed by atoms with Crippen molar-refractivity contribution in [3.8, 4) is 0 Å². The van der Waals surface area contributed by atoms with E-state index in [9.17, 15) is 9.18 Å². The first-order valence-corrected chi connectivity index (χ1v) is 7.51. The fraction of sp³-hybridized carbons (Fsp3) is 0.562. The van der Waals surface area contributed by atoms with Gasteiger partial charge in [-0.3, -0.25) is 4.79 Å². The summed E-state index contributed by atoms with van der Waals surface area (Å²) in [6, 6.07) is 5.11. The monoisotopic (exact) mass is 293 g/mol. The summed E-state index contributed by atoms with van der Waals surface area (Å²) in [6.45, 7) is 6.58. The predicted octanol–water partition coefficient (Wildman–Crippen LogP) is 2.03. The number of nitrogens with one attached hydrogen (secondary N) is 1. The number of hydrogen-bond acceptors (Lipinski definition) is 3. The molecule has 1 amide bonds. The third kappa shape index (κ3) is 3.35. The topological polar surface area (TPSA) is 58.4 Å². The first kappa shape index (κ1) is 15.8. The molecule has 0 aromatic heterocycles. The Balaban J connectivity index is 2.20. The number of rotatable bonds is 6. The van der Waals surface area contributed by atoms with Crippen LogP contribution in [-0.4, -0.2) is 25.5 Å². The van der Waals surface area contributed by atoms with Crippen molar-refractivity contribution in [2.45, 2.75) is 33.2 Å². The smallest absolute Gasteiger partial charge is 0.225 e. The number of nitrogens with zero attached hydrogens (tertiary/aromatic N) is 1. The maximum Gasteiger partial charge on any atom is 0.225 e. The van der Waals surface area contributed by atoms with Gasteiger partial charge in [-0.25, -0.2) is 4.39 Å². The first-order chi connectivity index (χ1) is 9.98. The minimum Gasteiger partial charge on any atom is -0.370 e. The van der Waals surface area contributed by atoms with Gasteiger partial charge < -0.3 is 16.0 Å². The second kappa shape index (κ2) is 6.43. The molecule has 0 saturated carbocycles. The molecule has 1 atom stereocenters. The van der Waals surface area contributed by atoms with Crippen LogP contribution in [0.5, 0.6) is 0 Å². The summed E-state index contributed by atoms with van der Waals surface area (Å²) in [7, 11) is 0. The van der Waals surface area contributed by atoms with Crippen LogP contribution in [0.2, 0.25) is 0 Å². The Kier molecular flexibility index (Phi) is 4.83. The molecule has 1 aromatic carbocycles. The Labute approximate surface area is 125 Å². The molecule has 1 aliphatic rings. The molecular weight excluding hydrogens is 269 g/mol. The normalized spacial score (nSPS) is 21.8. The molecule has 21 heavy (non-hydrogen) atoms. The Bertz CT molecular complexity index is 520. The maximum atomic E-state index is 14.1. The third-order valence-corrected chi connectivity index (χ3v) is 4.23. The Morgan fingerprint density at radius 1 is 1.52 bits per heavy atom. The van der Waals surface area contributed by atoms with E-state index in [2.05, 4.69) is 17.1 Å². The van der Waals surface area contributed by atoms with E-state index in [1.165, 1.54) is 6.07 Å². The van der Waals surface area contributed by atoms with Crippen molar-refractivity contribution in [1.29, 1.82) is 0 Å². The van der Waals surface area contributed by atoms with Crippen molar-refractivity contribution in [2.24, 2.45) is 11.1 Å². The summed E-state index contributed by atoms with van der Waals surface area (Å²) in [5, 5.41) is 3.24. The first-order valence-electron chi connectivity index (χ1n) is 7.51. The van der Waals surface area contributed by atoms with E-state index in [-0.39, 0.29) is 11.7 Å². The summed E-state index contributed by atoms with van der Waals surface area (Å²) in [4.78, 5) is 13.6. The zero-order valence-corrected chi connectivity index (χ0v) is 12.8. The molecule has 1 unspecified atom stereocenters. The van der Waals surface area contributed by atoms with Gasteiger partial charge >= 0.3 is 0 Å². The quantitative estimate of drug-likeness (QED) is 0.789. The summed E-state index contributed by atoms with van der Waals surface area (Å²) in [5.74, 6) is -0.490. The van der Waals surface area contributed by atoms with Crippen molar-refractivity contribution >= 4 is 11.6 Å². The minimum absolute atomic E-state index is 0.205. The van der Waals surface area contributed by atoms with Gasteiger partial charge in [-0.15, -0.1) is 0 Å². The van der Waals surface area contributed by atoms with E-state index >= 15 is 0 Å². The van der Waals surface area contributed by atoms with Crippen LogP contribution in [0.4, 0.5) is 10.1 Å². The third-order valence-electron chi connectivity index (χ3n) is 4.23. The van der Waals surface area contributed by atoms with E-state index < -0.39 is 5.41 Å². The molecular formula is C16H24FN3O. The molecule has 1 aliphatic heterocycles. The molecule has 0 radical (unpaired) electrons. The van der Waals surface area contributed by atoms with Crippen molar-refractivity contribution in [3.05, 3.63) is 29.6 Å². The molecule has 1 saturated heterocycles. The molecule has 1 heterocycles. The van der Waals surface area contributed by atoms with Crippen molar-refractivity contribution < 1.29 is 9.18 Å². The highest BCUT2D eigenvalue weighted by Gasteiger charge is 2.39. The van der Waals surface area contributed by atoms with Gasteiger partial charge in [-0.05, 0) is 38.4 Å². The number of anilines is 1. The second-order valence-corrected chi connectivity index (χ2v) is 6.01. The Morgan fingerprint density at radius 3 is 2.90 bits per heavy atom. The van der Waals surface area contributed by atoms with Crippen molar-refractivity contribution in [1.82, 2.24) is 5.32 Å². The predicted molar refractivity (Wildman–Crippen MR) is 82.5 cm³/mol. The summed E-state index contributed by atoms with van der Waals surface area (Å²) < 4.78 is 14.1. The minimum atomic E-state index is -0.527. The van der Waals surface area contributed by atoms with E-state index in [0.717, 1.165) is 25.2 Å². The molecule has 0 spiro atoms. The average Bonchev–Trinajstić information content (AvgIpc) is 2.85. The van der Waals surface area contributed by atoms with E-state index in [4.69, 9.17) is 5.73 Å². The molecule has 0 bridgehead atoms. The lowest BCUT2D eigenvalue weighted by atomic mass is 9.89. The van der Waals surface area contributed by atoms with Crippen LogP contribution in [0, 0.1) is 11.2 Å². The SMILES string of the molecule is CCCNCc1c(F)cccc1N1CCC(C)(C(N)=O)C1. The van der Waals surface area contributed by atoms with Gasteiger partial charge in [0.1, 0.15) is 5.82 Å². The zero-order chi connectivity index (χ0) is 15.5. The number of benzene rings is 1. The fourth-order valence-electron chi connectivity index (χ4n) is 2.78. The summed E-state index contributed by atoms with van der Waals surface area (Å²) in [5.41, 5.74) is 6.49. The number of carbonyl (C=O) groups is 1. The number of primary amides is 1. The van der Waals surface area contributed by atoms with Gasteiger partial charge in [-0.2, -0.15) is 0 Å². The lowest BCUT2D eigenvalue weighted by Crippen LogP contribution is -2.37. The number of nitrogens with two attached hydrogens (primary N) is 1. The van der Waals surface area contributed by atoms with Crippen LogP contribution in [0.3, 0.4) is 0 Å². The summed E-state index contributed by atoms with van der Waals surface area (Å²) in [6.07, 6.45) is 1.72. The van der Waals surface area contributed by atoms with Crippen LogP contribution in [0.15, 0.2) is 18.2 Å². The highest BCUT2D eigenvalue weighted by Crippen LogP contribution is 2.35. The van der Waals surface area contributed by atoms with E-state index in [0.29, 0.717) is 25.1 Å². The van der Waals surface area contributed by atoms with Crippen LogP contribution in [0.25, 0.3) is 0 Å². The molecule has 3 N–H and O–H groups in total. The molecule has 4 nitrogen and oxygen atoms in total. The highest BCUT2D eigenvalue weighted by atomic mass is 19.1. The lowest BCUT2D eigenvalue weighted by Gasteiger charge is -2.25. The standard InChI is InChI=1S/C16H24FN3O/c1-3-8-19-10-12-13(17)5-4-6-14(12)20-9-7-16(2,11-20)15(18)21/h4-6,19H,3,7-11H2,1-2H3,(H2,18,21). The largest absolute Gasteiger partial charge is 0.370 e. The number of hydrogen-bond donors (Lipinski definition) is 2. The molecule has 1 fully saturated rings. The lowest BCUT2D eigenvalue weighted by molar-refractivity contribution is -0.125. The van der Waals surface area contributed by atoms with Crippen LogP contribution < -0.4 is 16.0 Å². The fourth-order valence-corrected chi connectivity index (χ4v) is 2.78. The number of halogens is 1. The van der Waals surface area contributed by atoms with Gasteiger partial charge in [0.25, 0.3) is 0 Å². The molecule has 1 aromatic rings. The zero-order valence-electron chi connectivity index (χ0n) is 12.8.